The fraction of sp³-hybridized carbons (Fsp3) is 0.588. The summed E-state index contributed by atoms with van der Waals surface area (Å²) < 4.78 is 38.2. The molecule has 1 N–H and O–H groups in total. The van der Waals surface area contributed by atoms with Crippen LogP contribution in [0.25, 0.3) is 0 Å². The summed E-state index contributed by atoms with van der Waals surface area (Å²) in [5.41, 5.74) is -0.974. The Hall–Kier alpha value is -1.56. The molecule has 2 fully saturated rings. The first-order chi connectivity index (χ1) is 10.8. The highest BCUT2D eigenvalue weighted by atomic mass is 19.4. The lowest BCUT2D eigenvalue weighted by Crippen LogP contribution is -2.44. The number of benzene rings is 1. The molecule has 1 saturated heterocycles. The number of likely N-dealkylation sites (tertiary alicyclic amines) is 1. The fourth-order valence-corrected chi connectivity index (χ4v) is 3.32. The highest BCUT2D eigenvalue weighted by Gasteiger charge is 2.49. The van der Waals surface area contributed by atoms with E-state index in [-0.39, 0.29) is 18.2 Å². The van der Waals surface area contributed by atoms with Crippen LogP contribution < -0.4 is 0 Å². The number of aliphatic hydroxyl groups is 1. The highest BCUT2D eigenvalue weighted by molar-refractivity contribution is 5.79. The molecule has 1 unspecified atom stereocenters. The first-order valence-corrected chi connectivity index (χ1v) is 7.94. The van der Waals surface area contributed by atoms with Gasteiger partial charge in [-0.25, -0.2) is 0 Å². The van der Waals surface area contributed by atoms with Gasteiger partial charge in [-0.1, -0.05) is 18.2 Å². The van der Waals surface area contributed by atoms with Crippen LogP contribution in [0.1, 0.15) is 36.8 Å². The van der Waals surface area contributed by atoms with Crippen LogP contribution in [0.5, 0.6) is 0 Å². The molecule has 3 nitrogen and oxygen atoms in total. The van der Waals surface area contributed by atoms with Crippen LogP contribution >= 0.6 is 0 Å². The van der Waals surface area contributed by atoms with Crippen molar-refractivity contribution in [3.05, 3.63) is 35.4 Å². The van der Waals surface area contributed by atoms with Crippen molar-refractivity contribution in [2.24, 2.45) is 5.92 Å². The SMILES string of the molecule is O=C(Cc1cccc(C(F)(F)F)c1)N1CCCC(C2(O)CC2)C1. The second kappa shape index (κ2) is 5.82. The molecule has 3 rings (SSSR count). The van der Waals surface area contributed by atoms with Gasteiger partial charge in [-0.15, -0.1) is 0 Å². The van der Waals surface area contributed by atoms with Crippen molar-refractivity contribution in [1.82, 2.24) is 4.90 Å². The molecule has 126 valence electrons. The predicted molar refractivity (Wildman–Crippen MR) is 78.6 cm³/mol. The number of piperidine rings is 1. The second-order valence-electron chi connectivity index (χ2n) is 6.66. The summed E-state index contributed by atoms with van der Waals surface area (Å²) in [5, 5.41) is 10.2. The van der Waals surface area contributed by atoms with Gasteiger partial charge in [-0.2, -0.15) is 13.2 Å². The average molecular weight is 327 g/mol. The molecule has 1 heterocycles. The van der Waals surface area contributed by atoms with E-state index in [4.69, 9.17) is 0 Å². The number of carbonyl (C=O) groups is 1. The normalized spacial score (nSPS) is 23.7. The molecule has 0 aromatic heterocycles. The van der Waals surface area contributed by atoms with Gasteiger partial charge in [-0.05, 0) is 37.3 Å². The van der Waals surface area contributed by atoms with Gasteiger partial charge in [0.2, 0.25) is 5.91 Å². The number of hydrogen-bond donors (Lipinski definition) is 1. The fourth-order valence-electron chi connectivity index (χ4n) is 3.32. The zero-order valence-corrected chi connectivity index (χ0v) is 12.8. The van der Waals surface area contributed by atoms with Crippen LogP contribution in [0, 0.1) is 5.92 Å². The van der Waals surface area contributed by atoms with Crippen molar-refractivity contribution in [3.8, 4) is 0 Å². The van der Waals surface area contributed by atoms with Gasteiger partial charge in [0.15, 0.2) is 0 Å². The number of carbonyl (C=O) groups excluding carboxylic acids is 1. The van der Waals surface area contributed by atoms with Gasteiger partial charge < -0.3 is 10.0 Å². The molecular weight excluding hydrogens is 307 g/mol. The van der Waals surface area contributed by atoms with Crippen LogP contribution in [-0.4, -0.2) is 34.6 Å². The molecule has 1 saturated carbocycles. The largest absolute Gasteiger partial charge is 0.416 e. The molecular formula is C17H20F3NO2. The Bertz CT molecular complexity index is 596. The summed E-state index contributed by atoms with van der Waals surface area (Å²) in [4.78, 5) is 14.1. The van der Waals surface area contributed by atoms with Gasteiger partial charge in [0.05, 0.1) is 17.6 Å². The van der Waals surface area contributed by atoms with Gasteiger partial charge >= 0.3 is 6.18 Å². The molecule has 23 heavy (non-hydrogen) atoms. The first kappa shape index (κ1) is 16.3. The van der Waals surface area contributed by atoms with Crippen molar-refractivity contribution in [3.63, 3.8) is 0 Å². The smallest absolute Gasteiger partial charge is 0.390 e. The quantitative estimate of drug-likeness (QED) is 0.927. The molecule has 2 aliphatic rings. The maximum absolute atomic E-state index is 12.7. The number of alkyl halides is 3. The summed E-state index contributed by atoms with van der Waals surface area (Å²) in [6, 6.07) is 4.92. The third-order valence-electron chi connectivity index (χ3n) is 4.91. The molecule has 1 atom stereocenters. The maximum Gasteiger partial charge on any atom is 0.416 e. The van der Waals surface area contributed by atoms with E-state index in [1.165, 1.54) is 6.07 Å². The van der Waals surface area contributed by atoms with Crippen molar-refractivity contribution in [2.45, 2.75) is 43.9 Å². The molecule has 1 aromatic carbocycles. The van der Waals surface area contributed by atoms with Crippen molar-refractivity contribution in [2.75, 3.05) is 13.1 Å². The lowest BCUT2D eigenvalue weighted by Gasteiger charge is -2.35. The molecule has 1 aliphatic carbocycles. The second-order valence-corrected chi connectivity index (χ2v) is 6.66. The Morgan fingerprint density at radius 1 is 1.35 bits per heavy atom. The van der Waals surface area contributed by atoms with E-state index in [0.717, 1.165) is 37.8 Å². The lowest BCUT2D eigenvalue weighted by molar-refractivity contribution is -0.138. The zero-order chi connectivity index (χ0) is 16.7. The lowest BCUT2D eigenvalue weighted by atomic mass is 9.90. The zero-order valence-electron chi connectivity index (χ0n) is 12.8. The Morgan fingerprint density at radius 3 is 2.74 bits per heavy atom. The van der Waals surface area contributed by atoms with E-state index >= 15 is 0 Å². The van der Waals surface area contributed by atoms with Crippen LogP contribution in [-0.2, 0) is 17.4 Å². The maximum atomic E-state index is 12.7. The van der Waals surface area contributed by atoms with Crippen LogP contribution in [0.4, 0.5) is 13.2 Å². The Morgan fingerprint density at radius 2 is 2.09 bits per heavy atom. The Kier molecular flexibility index (Phi) is 4.12. The standard InChI is InChI=1S/C17H20F3NO2/c18-17(19,20)13-4-1-3-12(9-13)10-15(22)21-8-2-5-14(11-21)16(23)6-7-16/h1,3-4,9,14,23H,2,5-8,10-11H2. The Labute approximate surface area is 133 Å². The van der Waals surface area contributed by atoms with Crippen LogP contribution in [0.2, 0.25) is 0 Å². The molecule has 1 amide bonds. The molecule has 1 aliphatic heterocycles. The number of nitrogens with zero attached hydrogens (tertiary/aromatic N) is 1. The third-order valence-corrected chi connectivity index (χ3v) is 4.91. The number of amides is 1. The molecule has 0 spiro atoms. The van der Waals surface area contributed by atoms with Crippen LogP contribution in [0.15, 0.2) is 24.3 Å². The molecule has 6 heteroatoms. The summed E-state index contributed by atoms with van der Waals surface area (Å²) in [6.45, 7) is 1.12. The molecule has 1 aromatic rings. The van der Waals surface area contributed by atoms with Gasteiger partial charge in [0.25, 0.3) is 0 Å². The minimum absolute atomic E-state index is 0.0327. The minimum atomic E-state index is -4.40. The predicted octanol–water partition coefficient (Wildman–Crippen LogP) is 3.01. The summed E-state index contributed by atoms with van der Waals surface area (Å²) in [5.74, 6) is -0.0695. The monoisotopic (exact) mass is 327 g/mol. The van der Waals surface area contributed by atoms with Crippen molar-refractivity contribution < 1.29 is 23.1 Å². The third kappa shape index (κ3) is 3.68. The van der Waals surface area contributed by atoms with Gasteiger partial charge in [-0.3, -0.25) is 4.79 Å². The summed E-state index contributed by atoms with van der Waals surface area (Å²) in [6.07, 6.45) is -1.12. The van der Waals surface area contributed by atoms with E-state index in [0.29, 0.717) is 18.7 Å². The number of hydrogen-bond acceptors (Lipinski definition) is 2. The van der Waals surface area contributed by atoms with E-state index in [1.54, 1.807) is 11.0 Å². The van der Waals surface area contributed by atoms with E-state index in [2.05, 4.69) is 0 Å². The van der Waals surface area contributed by atoms with E-state index < -0.39 is 17.3 Å². The summed E-state index contributed by atoms with van der Waals surface area (Å²) in [7, 11) is 0. The highest BCUT2D eigenvalue weighted by Crippen LogP contribution is 2.45. The molecule has 0 bridgehead atoms. The van der Waals surface area contributed by atoms with Crippen LogP contribution in [0.3, 0.4) is 0 Å². The van der Waals surface area contributed by atoms with Crippen molar-refractivity contribution in [1.29, 1.82) is 0 Å². The summed E-state index contributed by atoms with van der Waals surface area (Å²) >= 11 is 0. The van der Waals surface area contributed by atoms with Gasteiger partial charge in [0.1, 0.15) is 0 Å². The Balaban J connectivity index is 1.65. The molecule has 0 radical (unpaired) electrons. The van der Waals surface area contributed by atoms with Gasteiger partial charge in [0, 0.05) is 19.0 Å². The number of halogens is 3. The first-order valence-electron chi connectivity index (χ1n) is 7.94. The topological polar surface area (TPSA) is 40.5 Å². The number of rotatable bonds is 3. The van der Waals surface area contributed by atoms with E-state index in [9.17, 15) is 23.1 Å². The van der Waals surface area contributed by atoms with Crippen molar-refractivity contribution >= 4 is 5.91 Å². The average Bonchev–Trinajstić information content (AvgIpc) is 3.26. The van der Waals surface area contributed by atoms with E-state index in [1.807, 2.05) is 0 Å². The minimum Gasteiger partial charge on any atom is -0.390 e.